The van der Waals surface area contributed by atoms with Crippen molar-refractivity contribution in [3.05, 3.63) is 34.9 Å². The number of hydrogen-bond acceptors (Lipinski definition) is 3. The average molecular weight is 268 g/mol. The second-order valence-corrected chi connectivity index (χ2v) is 5.08. The molecule has 1 fully saturated rings. The third-order valence-corrected chi connectivity index (χ3v) is 4.27. The molecule has 1 aromatic rings. The van der Waals surface area contributed by atoms with Gasteiger partial charge < -0.3 is 10.1 Å². The highest BCUT2D eigenvalue weighted by molar-refractivity contribution is 6.31. The number of ether oxygens (including phenoxy) is 1. The fraction of sp³-hybridized carbons (Fsp3) is 0.500. The van der Waals surface area contributed by atoms with Crippen LogP contribution in [0.15, 0.2) is 24.3 Å². The number of hydrogen-bond donors (Lipinski definition) is 1. The summed E-state index contributed by atoms with van der Waals surface area (Å²) in [5.74, 6) is -0.339. The molecule has 0 spiro atoms. The first kappa shape index (κ1) is 13.4. The number of methoxy groups -OCH3 is 1. The van der Waals surface area contributed by atoms with Gasteiger partial charge in [0, 0.05) is 5.02 Å². The summed E-state index contributed by atoms with van der Waals surface area (Å²) in [6.45, 7) is 0. The van der Waals surface area contributed by atoms with E-state index in [0.717, 1.165) is 24.8 Å². The monoisotopic (exact) mass is 267 g/mol. The van der Waals surface area contributed by atoms with Gasteiger partial charge in [-0.2, -0.15) is 0 Å². The molecule has 0 aliphatic heterocycles. The van der Waals surface area contributed by atoms with Gasteiger partial charge in [-0.05, 0) is 31.5 Å². The molecule has 1 aliphatic carbocycles. The zero-order chi connectivity index (χ0) is 13.2. The lowest BCUT2D eigenvalue weighted by molar-refractivity contribution is -0.147. The zero-order valence-electron chi connectivity index (χ0n) is 10.7. The van der Waals surface area contributed by atoms with E-state index >= 15 is 0 Å². The van der Waals surface area contributed by atoms with Gasteiger partial charge in [0.2, 0.25) is 0 Å². The van der Waals surface area contributed by atoms with E-state index in [-0.39, 0.29) is 11.9 Å². The van der Waals surface area contributed by atoms with Gasteiger partial charge in [-0.15, -0.1) is 0 Å². The molecule has 0 amide bonds. The van der Waals surface area contributed by atoms with Crippen LogP contribution >= 0.6 is 11.6 Å². The second kappa shape index (κ2) is 5.29. The maximum Gasteiger partial charge on any atom is 0.310 e. The molecule has 1 aliphatic rings. The van der Waals surface area contributed by atoms with Crippen molar-refractivity contribution in [3.8, 4) is 0 Å². The van der Waals surface area contributed by atoms with Crippen LogP contribution in [0.4, 0.5) is 0 Å². The van der Waals surface area contributed by atoms with E-state index in [2.05, 4.69) is 5.32 Å². The van der Waals surface area contributed by atoms with Gasteiger partial charge in [-0.25, -0.2) is 0 Å². The highest BCUT2D eigenvalue weighted by atomic mass is 35.5. The lowest BCUT2D eigenvalue weighted by Crippen LogP contribution is -2.46. The van der Waals surface area contributed by atoms with Gasteiger partial charge in [0.25, 0.3) is 0 Å². The molecule has 2 rings (SSSR count). The third-order valence-electron chi connectivity index (χ3n) is 3.95. The van der Waals surface area contributed by atoms with E-state index in [1.165, 1.54) is 7.11 Å². The average Bonchev–Trinajstić information content (AvgIpc) is 2.83. The molecule has 1 saturated carbocycles. The van der Waals surface area contributed by atoms with Crippen molar-refractivity contribution in [3.63, 3.8) is 0 Å². The molecule has 0 unspecified atom stereocenters. The molecule has 1 aromatic carbocycles. The fourth-order valence-corrected chi connectivity index (χ4v) is 3.35. The van der Waals surface area contributed by atoms with Crippen molar-refractivity contribution in [2.24, 2.45) is 5.92 Å². The van der Waals surface area contributed by atoms with Crippen LogP contribution in [-0.2, 0) is 15.1 Å². The Balaban J connectivity index is 2.47. The molecular formula is C14H18ClNO2. The minimum Gasteiger partial charge on any atom is -0.469 e. The Morgan fingerprint density at radius 2 is 2.22 bits per heavy atom. The van der Waals surface area contributed by atoms with E-state index in [9.17, 15) is 4.79 Å². The summed E-state index contributed by atoms with van der Waals surface area (Å²) >= 11 is 6.29. The quantitative estimate of drug-likeness (QED) is 0.856. The molecule has 1 N–H and O–H groups in total. The molecule has 4 heteroatoms. The standard InChI is InChI=1S/C14H18ClNO2/c1-16-14(10-6-3-4-8-12(10)15)9-5-7-11(14)13(17)18-2/h3-4,6,8,11,16H,5,7,9H2,1-2H3/t11-,14-/m0/s1. The maximum atomic E-state index is 12.0. The summed E-state index contributed by atoms with van der Waals surface area (Å²) in [4.78, 5) is 12.0. The van der Waals surface area contributed by atoms with Crippen molar-refractivity contribution in [2.45, 2.75) is 24.8 Å². The van der Waals surface area contributed by atoms with Crippen LogP contribution in [0.3, 0.4) is 0 Å². The molecule has 98 valence electrons. The number of rotatable bonds is 3. The minimum absolute atomic E-state index is 0.165. The topological polar surface area (TPSA) is 38.3 Å². The van der Waals surface area contributed by atoms with Crippen LogP contribution in [0.2, 0.25) is 5.02 Å². The second-order valence-electron chi connectivity index (χ2n) is 4.67. The number of carbonyl (C=O) groups is 1. The molecular weight excluding hydrogens is 250 g/mol. The minimum atomic E-state index is -0.397. The van der Waals surface area contributed by atoms with E-state index in [4.69, 9.17) is 16.3 Å². The Labute approximate surface area is 112 Å². The lowest BCUT2D eigenvalue weighted by atomic mass is 9.80. The van der Waals surface area contributed by atoms with Gasteiger partial charge in [0.1, 0.15) is 0 Å². The van der Waals surface area contributed by atoms with Crippen LogP contribution in [-0.4, -0.2) is 20.1 Å². The summed E-state index contributed by atoms with van der Waals surface area (Å²) in [5.41, 5.74) is 0.591. The molecule has 18 heavy (non-hydrogen) atoms. The van der Waals surface area contributed by atoms with Crippen LogP contribution in [0, 0.1) is 5.92 Å². The van der Waals surface area contributed by atoms with Crippen molar-refractivity contribution in [1.29, 1.82) is 0 Å². The predicted molar refractivity (Wildman–Crippen MR) is 71.5 cm³/mol. The van der Waals surface area contributed by atoms with Crippen LogP contribution < -0.4 is 5.32 Å². The molecule has 0 aromatic heterocycles. The molecule has 0 heterocycles. The number of carbonyl (C=O) groups excluding carboxylic acids is 1. The van der Waals surface area contributed by atoms with E-state index < -0.39 is 5.54 Å². The Kier molecular flexibility index (Phi) is 3.93. The Morgan fingerprint density at radius 1 is 1.50 bits per heavy atom. The van der Waals surface area contributed by atoms with Crippen LogP contribution in [0.25, 0.3) is 0 Å². The molecule has 2 atom stereocenters. The number of benzene rings is 1. The smallest absolute Gasteiger partial charge is 0.310 e. The highest BCUT2D eigenvalue weighted by Gasteiger charge is 2.48. The molecule has 0 radical (unpaired) electrons. The first-order valence-electron chi connectivity index (χ1n) is 6.17. The zero-order valence-corrected chi connectivity index (χ0v) is 11.5. The highest BCUT2D eigenvalue weighted by Crippen LogP contribution is 2.46. The number of esters is 1. The van der Waals surface area contributed by atoms with E-state index in [0.29, 0.717) is 5.02 Å². The van der Waals surface area contributed by atoms with Gasteiger partial charge in [0.05, 0.1) is 18.6 Å². The Hall–Kier alpha value is -1.06. The summed E-state index contributed by atoms with van der Waals surface area (Å²) < 4.78 is 4.93. The fourth-order valence-electron chi connectivity index (χ4n) is 3.05. The maximum absolute atomic E-state index is 12.0. The van der Waals surface area contributed by atoms with E-state index in [1.54, 1.807) is 0 Å². The molecule has 0 bridgehead atoms. The lowest BCUT2D eigenvalue weighted by Gasteiger charge is -2.35. The first-order chi connectivity index (χ1) is 8.65. The molecule has 3 nitrogen and oxygen atoms in total. The first-order valence-corrected chi connectivity index (χ1v) is 6.55. The van der Waals surface area contributed by atoms with Crippen molar-refractivity contribution >= 4 is 17.6 Å². The Morgan fingerprint density at radius 3 is 2.83 bits per heavy atom. The summed E-state index contributed by atoms with van der Waals surface area (Å²) in [5, 5.41) is 4.01. The van der Waals surface area contributed by atoms with Crippen molar-refractivity contribution < 1.29 is 9.53 Å². The summed E-state index contributed by atoms with van der Waals surface area (Å²) in [6, 6.07) is 7.70. The number of halogens is 1. The van der Waals surface area contributed by atoms with Gasteiger partial charge in [-0.3, -0.25) is 4.79 Å². The normalized spacial score (nSPS) is 27.2. The van der Waals surface area contributed by atoms with Crippen molar-refractivity contribution in [1.82, 2.24) is 5.32 Å². The number of nitrogens with one attached hydrogen (secondary N) is 1. The predicted octanol–water partition coefficient (Wildman–Crippen LogP) is 2.73. The van der Waals surface area contributed by atoms with Gasteiger partial charge in [-0.1, -0.05) is 36.2 Å². The van der Waals surface area contributed by atoms with Crippen LogP contribution in [0.1, 0.15) is 24.8 Å². The van der Waals surface area contributed by atoms with Crippen molar-refractivity contribution in [2.75, 3.05) is 14.2 Å². The SMILES string of the molecule is CN[C@]1(c2ccccc2Cl)CCC[C@H]1C(=O)OC. The van der Waals surface area contributed by atoms with E-state index in [1.807, 2.05) is 31.3 Å². The van der Waals surface area contributed by atoms with Gasteiger partial charge >= 0.3 is 5.97 Å². The summed E-state index contributed by atoms with van der Waals surface area (Å²) in [6.07, 6.45) is 2.72. The summed E-state index contributed by atoms with van der Waals surface area (Å²) in [7, 11) is 3.32. The Bertz CT molecular complexity index is 449. The largest absolute Gasteiger partial charge is 0.469 e. The van der Waals surface area contributed by atoms with Crippen LogP contribution in [0.5, 0.6) is 0 Å². The molecule has 0 saturated heterocycles. The third kappa shape index (κ3) is 2.02. The van der Waals surface area contributed by atoms with Gasteiger partial charge in [0.15, 0.2) is 0 Å².